The molecule has 0 bridgehead atoms. The predicted molar refractivity (Wildman–Crippen MR) is 80.7 cm³/mol. The number of nitrogens with one attached hydrogen (secondary N) is 1. The van der Waals surface area contributed by atoms with Crippen molar-refractivity contribution in [2.24, 2.45) is 0 Å². The van der Waals surface area contributed by atoms with Crippen molar-refractivity contribution in [2.75, 3.05) is 19.0 Å². The Bertz CT molecular complexity index is 720. The Morgan fingerprint density at radius 2 is 1.96 bits per heavy atom. The molecule has 0 saturated carbocycles. The van der Waals surface area contributed by atoms with Gasteiger partial charge in [-0.2, -0.15) is 0 Å². The van der Waals surface area contributed by atoms with E-state index in [1.807, 2.05) is 0 Å². The minimum Gasteiger partial charge on any atom is -0.405 e. The molecular formula is C15H15F3N4O2. The SMILES string of the molecule is CN(C)c1nccc(CNC(=O)c2ccccc2OC(F)(F)F)n1. The van der Waals surface area contributed by atoms with Gasteiger partial charge in [0, 0.05) is 20.3 Å². The van der Waals surface area contributed by atoms with Crippen LogP contribution in [0.5, 0.6) is 5.75 Å². The largest absolute Gasteiger partial charge is 0.573 e. The van der Waals surface area contributed by atoms with E-state index in [1.165, 1.54) is 24.4 Å². The van der Waals surface area contributed by atoms with Gasteiger partial charge in [0.2, 0.25) is 5.95 Å². The van der Waals surface area contributed by atoms with Crippen LogP contribution in [0.4, 0.5) is 19.1 Å². The molecule has 0 fully saturated rings. The number of ether oxygens (including phenoxy) is 1. The third-order valence-corrected chi connectivity index (χ3v) is 2.89. The fraction of sp³-hybridized carbons (Fsp3) is 0.267. The van der Waals surface area contributed by atoms with E-state index in [-0.39, 0.29) is 12.1 Å². The van der Waals surface area contributed by atoms with Gasteiger partial charge in [-0.1, -0.05) is 12.1 Å². The molecule has 0 aliphatic carbocycles. The average Bonchev–Trinajstić information content (AvgIpc) is 2.52. The quantitative estimate of drug-likeness (QED) is 0.905. The summed E-state index contributed by atoms with van der Waals surface area (Å²) in [4.78, 5) is 22.1. The summed E-state index contributed by atoms with van der Waals surface area (Å²) in [6.45, 7) is 0.0442. The maximum Gasteiger partial charge on any atom is 0.573 e. The Morgan fingerprint density at radius 1 is 1.25 bits per heavy atom. The number of aromatic nitrogens is 2. The van der Waals surface area contributed by atoms with Crippen molar-refractivity contribution < 1.29 is 22.7 Å². The minimum absolute atomic E-state index is 0.0442. The number of carbonyl (C=O) groups is 1. The number of alkyl halides is 3. The molecule has 0 spiro atoms. The van der Waals surface area contributed by atoms with Crippen LogP contribution in [-0.2, 0) is 6.54 Å². The van der Waals surface area contributed by atoms with Crippen molar-refractivity contribution in [1.29, 1.82) is 0 Å². The first-order valence-corrected chi connectivity index (χ1v) is 6.88. The van der Waals surface area contributed by atoms with E-state index in [0.29, 0.717) is 11.6 Å². The van der Waals surface area contributed by atoms with Crippen molar-refractivity contribution in [3.8, 4) is 5.75 Å². The zero-order valence-corrected chi connectivity index (χ0v) is 13.0. The second-order valence-corrected chi connectivity index (χ2v) is 4.97. The second kappa shape index (κ2) is 7.16. The number of hydrogen-bond donors (Lipinski definition) is 1. The molecule has 2 aromatic rings. The lowest BCUT2D eigenvalue weighted by Gasteiger charge is -2.13. The van der Waals surface area contributed by atoms with E-state index in [1.54, 1.807) is 25.1 Å². The van der Waals surface area contributed by atoms with E-state index in [2.05, 4.69) is 20.0 Å². The summed E-state index contributed by atoms with van der Waals surface area (Å²) in [6, 6.07) is 6.74. The van der Waals surface area contributed by atoms with Crippen LogP contribution in [-0.4, -0.2) is 36.3 Å². The lowest BCUT2D eigenvalue weighted by atomic mass is 10.2. The number of nitrogens with zero attached hydrogens (tertiary/aromatic N) is 3. The Balaban J connectivity index is 2.09. The van der Waals surface area contributed by atoms with E-state index in [0.717, 1.165) is 6.07 Å². The van der Waals surface area contributed by atoms with E-state index >= 15 is 0 Å². The Morgan fingerprint density at radius 3 is 2.62 bits per heavy atom. The van der Waals surface area contributed by atoms with Gasteiger partial charge in [0.05, 0.1) is 17.8 Å². The van der Waals surface area contributed by atoms with Crippen molar-refractivity contribution in [2.45, 2.75) is 12.9 Å². The van der Waals surface area contributed by atoms with Crippen LogP contribution in [0.25, 0.3) is 0 Å². The average molecular weight is 340 g/mol. The van der Waals surface area contributed by atoms with Crippen molar-refractivity contribution in [3.63, 3.8) is 0 Å². The molecular weight excluding hydrogens is 325 g/mol. The smallest absolute Gasteiger partial charge is 0.405 e. The minimum atomic E-state index is -4.87. The molecule has 1 N–H and O–H groups in total. The second-order valence-electron chi connectivity index (χ2n) is 4.97. The van der Waals surface area contributed by atoms with Crippen molar-refractivity contribution in [1.82, 2.24) is 15.3 Å². The molecule has 6 nitrogen and oxygen atoms in total. The van der Waals surface area contributed by atoms with Crippen LogP contribution in [0.2, 0.25) is 0 Å². The van der Waals surface area contributed by atoms with Gasteiger partial charge in [-0.15, -0.1) is 13.2 Å². The number of amides is 1. The summed E-state index contributed by atoms with van der Waals surface area (Å²) < 4.78 is 41.0. The van der Waals surface area contributed by atoms with Gasteiger partial charge in [0.15, 0.2) is 0 Å². The molecule has 24 heavy (non-hydrogen) atoms. The fourth-order valence-corrected chi connectivity index (χ4v) is 1.83. The molecule has 0 unspecified atom stereocenters. The Labute approximate surface area is 136 Å². The van der Waals surface area contributed by atoms with Crippen molar-refractivity contribution in [3.05, 3.63) is 47.8 Å². The highest BCUT2D eigenvalue weighted by molar-refractivity contribution is 5.96. The molecule has 2 rings (SSSR count). The van der Waals surface area contributed by atoms with Crippen molar-refractivity contribution >= 4 is 11.9 Å². The summed E-state index contributed by atoms with van der Waals surface area (Å²) in [7, 11) is 3.53. The monoisotopic (exact) mass is 340 g/mol. The molecule has 0 aliphatic heterocycles. The highest BCUT2D eigenvalue weighted by atomic mass is 19.4. The van der Waals surface area contributed by atoms with Gasteiger partial charge in [-0.3, -0.25) is 4.79 Å². The zero-order valence-electron chi connectivity index (χ0n) is 13.0. The molecule has 0 saturated heterocycles. The van der Waals surface area contributed by atoms with Crippen LogP contribution >= 0.6 is 0 Å². The molecule has 0 radical (unpaired) electrons. The van der Waals surface area contributed by atoms with E-state index in [9.17, 15) is 18.0 Å². The van der Waals surface area contributed by atoms with Crippen LogP contribution in [0.3, 0.4) is 0 Å². The van der Waals surface area contributed by atoms with Gasteiger partial charge >= 0.3 is 6.36 Å². The standard InChI is InChI=1S/C15H15F3N4O2/c1-22(2)14-19-8-7-10(21-14)9-20-13(23)11-5-3-4-6-12(11)24-15(16,17)18/h3-8H,9H2,1-2H3,(H,20,23). The first-order chi connectivity index (χ1) is 11.3. The first kappa shape index (κ1) is 17.5. The van der Waals surface area contributed by atoms with Gasteiger partial charge in [-0.05, 0) is 18.2 Å². The highest BCUT2D eigenvalue weighted by Gasteiger charge is 2.32. The molecule has 1 amide bonds. The molecule has 0 atom stereocenters. The number of anilines is 1. The molecule has 1 heterocycles. The highest BCUT2D eigenvalue weighted by Crippen LogP contribution is 2.26. The summed E-state index contributed by atoms with van der Waals surface area (Å²) in [6.07, 6.45) is -3.34. The normalized spacial score (nSPS) is 11.0. The summed E-state index contributed by atoms with van der Waals surface area (Å²) >= 11 is 0. The third-order valence-electron chi connectivity index (χ3n) is 2.89. The number of para-hydroxylation sites is 1. The molecule has 1 aromatic heterocycles. The number of hydrogen-bond acceptors (Lipinski definition) is 5. The van der Waals surface area contributed by atoms with E-state index in [4.69, 9.17) is 0 Å². The van der Waals surface area contributed by atoms with Gasteiger partial charge in [0.25, 0.3) is 5.91 Å². The zero-order chi connectivity index (χ0) is 17.7. The van der Waals surface area contributed by atoms with Gasteiger partial charge < -0.3 is 15.0 Å². The van der Waals surface area contributed by atoms with Gasteiger partial charge in [-0.25, -0.2) is 9.97 Å². The third kappa shape index (κ3) is 4.83. The molecule has 1 aromatic carbocycles. The summed E-state index contributed by atoms with van der Waals surface area (Å²) in [5, 5.41) is 2.51. The van der Waals surface area contributed by atoms with E-state index < -0.39 is 18.0 Å². The van der Waals surface area contributed by atoms with Crippen LogP contribution in [0.1, 0.15) is 16.1 Å². The predicted octanol–water partition coefficient (Wildman–Crippen LogP) is 2.37. The summed E-state index contributed by atoms with van der Waals surface area (Å²) in [5.41, 5.74) is 0.313. The Hall–Kier alpha value is -2.84. The lowest BCUT2D eigenvalue weighted by Crippen LogP contribution is -2.26. The first-order valence-electron chi connectivity index (χ1n) is 6.88. The van der Waals surface area contributed by atoms with Crippen LogP contribution in [0, 0.1) is 0 Å². The maximum atomic E-state index is 12.4. The lowest BCUT2D eigenvalue weighted by molar-refractivity contribution is -0.274. The number of carbonyl (C=O) groups excluding carboxylic acids is 1. The topological polar surface area (TPSA) is 67.4 Å². The fourth-order valence-electron chi connectivity index (χ4n) is 1.83. The molecule has 128 valence electrons. The Kier molecular flexibility index (Phi) is 5.22. The van der Waals surface area contributed by atoms with Gasteiger partial charge in [0.1, 0.15) is 5.75 Å². The number of halogens is 3. The van der Waals surface area contributed by atoms with Crippen LogP contribution < -0.4 is 15.0 Å². The summed E-state index contributed by atoms with van der Waals surface area (Å²) in [5.74, 6) is -0.790. The molecule has 9 heteroatoms. The van der Waals surface area contributed by atoms with Crippen LogP contribution in [0.15, 0.2) is 36.5 Å². The molecule has 0 aliphatic rings. The maximum absolute atomic E-state index is 12.4. The number of rotatable bonds is 5. The number of benzene rings is 1.